The number of benzene rings is 1. The molecule has 1 aromatic heterocycles. The average Bonchev–Trinajstić information content (AvgIpc) is 2.71. The number of thiophene rings is 1. The second-order valence-corrected chi connectivity index (χ2v) is 4.32. The molecule has 0 saturated carbocycles. The number of carbonyl (C=O) groups excluding carboxylic acids is 1. The number of primary amides is 1. The molecule has 15 heavy (non-hydrogen) atoms. The first-order chi connectivity index (χ1) is 7.18. The normalized spacial score (nSPS) is 10.2. The SMILES string of the molecule is Cc1ccc(-c2cccs2)cc1C(N)=O. The van der Waals surface area contributed by atoms with Crippen molar-refractivity contribution in [2.24, 2.45) is 5.73 Å². The molecular weight excluding hydrogens is 206 g/mol. The van der Waals surface area contributed by atoms with Crippen LogP contribution in [0.15, 0.2) is 35.7 Å². The molecule has 0 unspecified atom stereocenters. The summed E-state index contributed by atoms with van der Waals surface area (Å²) in [6, 6.07) is 9.80. The minimum absolute atomic E-state index is 0.370. The van der Waals surface area contributed by atoms with Crippen molar-refractivity contribution in [3.63, 3.8) is 0 Å². The van der Waals surface area contributed by atoms with Gasteiger partial charge in [0.05, 0.1) is 0 Å². The number of hydrogen-bond donors (Lipinski definition) is 1. The van der Waals surface area contributed by atoms with Crippen molar-refractivity contribution in [2.75, 3.05) is 0 Å². The van der Waals surface area contributed by atoms with E-state index in [1.165, 1.54) is 0 Å². The van der Waals surface area contributed by atoms with E-state index in [4.69, 9.17) is 5.73 Å². The number of aryl methyl sites for hydroxylation is 1. The molecule has 0 aliphatic heterocycles. The summed E-state index contributed by atoms with van der Waals surface area (Å²) in [5, 5.41) is 2.01. The summed E-state index contributed by atoms with van der Waals surface area (Å²) >= 11 is 1.65. The highest BCUT2D eigenvalue weighted by molar-refractivity contribution is 7.13. The first-order valence-electron chi connectivity index (χ1n) is 4.63. The van der Waals surface area contributed by atoms with Crippen molar-refractivity contribution in [3.8, 4) is 10.4 Å². The largest absolute Gasteiger partial charge is 0.366 e. The molecule has 1 heterocycles. The molecule has 2 aromatic rings. The third-order valence-electron chi connectivity index (χ3n) is 2.31. The minimum atomic E-state index is -0.370. The predicted molar refractivity (Wildman–Crippen MR) is 63.0 cm³/mol. The molecule has 0 bridgehead atoms. The van der Waals surface area contributed by atoms with Crippen LogP contribution in [0.4, 0.5) is 0 Å². The lowest BCUT2D eigenvalue weighted by atomic mass is 10.0. The average molecular weight is 217 g/mol. The molecule has 1 amide bonds. The van der Waals surface area contributed by atoms with Crippen LogP contribution in [0.1, 0.15) is 15.9 Å². The van der Waals surface area contributed by atoms with Crippen LogP contribution in [0.3, 0.4) is 0 Å². The van der Waals surface area contributed by atoms with Gasteiger partial charge in [-0.25, -0.2) is 0 Å². The third kappa shape index (κ3) is 1.92. The van der Waals surface area contributed by atoms with Gasteiger partial charge in [-0.05, 0) is 35.6 Å². The number of hydrogen-bond acceptors (Lipinski definition) is 2. The molecule has 1 aromatic carbocycles. The minimum Gasteiger partial charge on any atom is -0.366 e. The molecule has 0 aliphatic carbocycles. The Bertz CT molecular complexity index is 488. The maximum absolute atomic E-state index is 11.2. The van der Waals surface area contributed by atoms with E-state index >= 15 is 0 Å². The third-order valence-corrected chi connectivity index (χ3v) is 3.23. The van der Waals surface area contributed by atoms with Crippen molar-refractivity contribution in [1.29, 1.82) is 0 Å². The van der Waals surface area contributed by atoms with E-state index in [0.717, 1.165) is 16.0 Å². The zero-order valence-corrected chi connectivity index (χ0v) is 9.17. The quantitative estimate of drug-likeness (QED) is 0.825. The molecule has 0 radical (unpaired) electrons. The van der Waals surface area contributed by atoms with Crippen LogP contribution in [0.25, 0.3) is 10.4 Å². The maximum Gasteiger partial charge on any atom is 0.248 e. The zero-order valence-electron chi connectivity index (χ0n) is 8.36. The van der Waals surface area contributed by atoms with Crippen LogP contribution in [0, 0.1) is 6.92 Å². The van der Waals surface area contributed by atoms with E-state index < -0.39 is 0 Å². The van der Waals surface area contributed by atoms with Gasteiger partial charge in [-0.3, -0.25) is 4.79 Å². The van der Waals surface area contributed by atoms with E-state index in [0.29, 0.717) is 5.56 Å². The van der Waals surface area contributed by atoms with Crippen LogP contribution in [0.2, 0.25) is 0 Å². The molecular formula is C12H11NOS. The van der Waals surface area contributed by atoms with Gasteiger partial charge in [-0.1, -0.05) is 18.2 Å². The summed E-state index contributed by atoms with van der Waals surface area (Å²) in [5.41, 5.74) is 7.86. The molecule has 3 heteroatoms. The Morgan fingerprint density at radius 3 is 2.73 bits per heavy atom. The molecule has 0 saturated heterocycles. The van der Waals surface area contributed by atoms with Gasteiger partial charge in [-0.15, -0.1) is 11.3 Å². The van der Waals surface area contributed by atoms with Crippen molar-refractivity contribution in [3.05, 3.63) is 46.8 Å². The Balaban J connectivity index is 2.52. The van der Waals surface area contributed by atoms with Crippen LogP contribution < -0.4 is 5.73 Å². The molecule has 0 fully saturated rings. The van der Waals surface area contributed by atoms with E-state index in [1.54, 1.807) is 11.3 Å². The molecule has 0 spiro atoms. The topological polar surface area (TPSA) is 43.1 Å². The first kappa shape index (κ1) is 9.93. The summed E-state index contributed by atoms with van der Waals surface area (Å²) in [7, 11) is 0. The van der Waals surface area contributed by atoms with Crippen molar-refractivity contribution in [2.45, 2.75) is 6.92 Å². The Labute approximate surface area is 92.4 Å². The maximum atomic E-state index is 11.2. The van der Waals surface area contributed by atoms with Gasteiger partial charge in [0.2, 0.25) is 5.91 Å². The lowest BCUT2D eigenvalue weighted by Crippen LogP contribution is -2.12. The van der Waals surface area contributed by atoms with Crippen molar-refractivity contribution >= 4 is 17.2 Å². The fourth-order valence-corrected chi connectivity index (χ4v) is 2.21. The summed E-state index contributed by atoms with van der Waals surface area (Å²) in [5.74, 6) is -0.370. The molecule has 0 aliphatic rings. The first-order valence-corrected chi connectivity index (χ1v) is 5.51. The summed E-state index contributed by atoms with van der Waals surface area (Å²) < 4.78 is 0. The van der Waals surface area contributed by atoms with Crippen LogP contribution in [0.5, 0.6) is 0 Å². The number of amides is 1. The van der Waals surface area contributed by atoms with Crippen LogP contribution >= 0.6 is 11.3 Å². The lowest BCUT2D eigenvalue weighted by molar-refractivity contribution is 0.1000. The second kappa shape index (κ2) is 3.87. The Morgan fingerprint density at radius 2 is 2.13 bits per heavy atom. The number of rotatable bonds is 2. The second-order valence-electron chi connectivity index (χ2n) is 3.37. The standard InChI is InChI=1S/C12H11NOS/c1-8-4-5-9(7-10(8)12(13)14)11-3-2-6-15-11/h2-7H,1H3,(H2,13,14). The van der Waals surface area contributed by atoms with E-state index in [1.807, 2.05) is 42.6 Å². The van der Waals surface area contributed by atoms with Crippen molar-refractivity contribution in [1.82, 2.24) is 0 Å². The van der Waals surface area contributed by atoms with Crippen LogP contribution in [-0.4, -0.2) is 5.91 Å². The Hall–Kier alpha value is -1.61. The van der Waals surface area contributed by atoms with Gasteiger partial charge < -0.3 is 5.73 Å². The van der Waals surface area contributed by atoms with E-state index in [9.17, 15) is 4.79 Å². The van der Waals surface area contributed by atoms with Gasteiger partial charge in [0.25, 0.3) is 0 Å². The van der Waals surface area contributed by atoms with Crippen molar-refractivity contribution < 1.29 is 4.79 Å². The Morgan fingerprint density at radius 1 is 1.33 bits per heavy atom. The highest BCUT2D eigenvalue weighted by Crippen LogP contribution is 2.26. The molecule has 0 atom stereocenters. The lowest BCUT2D eigenvalue weighted by Gasteiger charge is -2.04. The zero-order chi connectivity index (χ0) is 10.8. The monoisotopic (exact) mass is 217 g/mol. The van der Waals surface area contributed by atoms with E-state index in [2.05, 4.69) is 0 Å². The van der Waals surface area contributed by atoms with Gasteiger partial charge in [0.15, 0.2) is 0 Å². The van der Waals surface area contributed by atoms with Crippen LogP contribution in [-0.2, 0) is 0 Å². The summed E-state index contributed by atoms with van der Waals surface area (Å²) in [4.78, 5) is 12.3. The predicted octanol–water partition coefficient (Wildman–Crippen LogP) is 2.82. The molecule has 2 nitrogen and oxygen atoms in total. The highest BCUT2D eigenvalue weighted by atomic mass is 32.1. The molecule has 2 N–H and O–H groups in total. The van der Waals surface area contributed by atoms with E-state index in [-0.39, 0.29) is 5.91 Å². The summed E-state index contributed by atoms with van der Waals surface area (Å²) in [6.45, 7) is 1.89. The molecule has 2 rings (SSSR count). The van der Waals surface area contributed by atoms with Gasteiger partial charge in [0.1, 0.15) is 0 Å². The molecule has 76 valence electrons. The smallest absolute Gasteiger partial charge is 0.248 e. The number of carbonyl (C=O) groups is 1. The van der Waals surface area contributed by atoms with Gasteiger partial charge in [-0.2, -0.15) is 0 Å². The fraction of sp³-hybridized carbons (Fsp3) is 0.0833. The van der Waals surface area contributed by atoms with Gasteiger partial charge >= 0.3 is 0 Å². The number of nitrogens with two attached hydrogens (primary N) is 1. The Kier molecular flexibility index (Phi) is 2.56. The fourth-order valence-electron chi connectivity index (χ4n) is 1.48. The highest BCUT2D eigenvalue weighted by Gasteiger charge is 2.07. The van der Waals surface area contributed by atoms with Gasteiger partial charge in [0, 0.05) is 10.4 Å². The summed E-state index contributed by atoms with van der Waals surface area (Å²) in [6.07, 6.45) is 0.